The normalized spacial score (nSPS) is 16.8. The first-order chi connectivity index (χ1) is 14.0. The van der Waals surface area contributed by atoms with Crippen molar-refractivity contribution in [3.8, 4) is 11.5 Å². The summed E-state index contributed by atoms with van der Waals surface area (Å²) in [5, 5.41) is 0. The number of methoxy groups -OCH3 is 2. The number of ether oxygens (including phenoxy) is 2. The number of carbonyl (C=O) groups is 2. The number of rotatable bonds is 5. The van der Waals surface area contributed by atoms with Gasteiger partial charge in [-0.3, -0.25) is 9.59 Å². The third kappa shape index (κ3) is 3.22. The molecule has 0 unspecified atom stereocenters. The molecule has 2 amide bonds. The van der Waals surface area contributed by atoms with E-state index in [1.165, 1.54) is 32.4 Å². The highest BCUT2D eigenvalue weighted by molar-refractivity contribution is 6.45. The summed E-state index contributed by atoms with van der Waals surface area (Å²) in [6, 6.07) is 10.6. The number of carbonyl (C=O) groups excluding carboxylic acids is 2. The molecule has 1 fully saturated rings. The molecule has 0 N–H and O–H groups in total. The average Bonchev–Trinajstić information content (AvgIpc) is 3.33. The number of likely N-dealkylation sites (tertiary alicyclic amines) is 1. The van der Waals surface area contributed by atoms with Gasteiger partial charge in [-0.25, -0.2) is 9.29 Å². The molecule has 0 bridgehead atoms. The zero-order chi connectivity index (χ0) is 20.5. The highest BCUT2D eigenvalue weighted by Crippen LogP contribution is 2.39. The number of anilines is 1. The molecule has 2 aromatic rings. The molecular weight excluding hydrogens is 375 g/mol. The van der Waals surface area contributed by atoms with Crippen molar-refractivity contribution in [3.63, 3.8) is 0 Å². The Labute approximate surface area is 168 Å². The lowest BCUT2D eigenvalue weighted by atomic mass is 10.0. The molecular formula is C22H21FN2O4. The lowest BCUT2D eigenvalue weighted by molar-refractivity contribution is -0.120. The topological polar surface area (TPSA) is 59.1 Å². The van der Waals surface area contributed by atoms with Crippen LogP contribution < -0.4 is 14.4 Å². The second kappa shape index (κ2) is 7.58. The molecule has 29 heavy (non-hydrogen) atoms. The third-order valence-corrected chi connectivity index (χ3v) is 5.22. The predicted molar refractivity (Wildman–Crippen MR) is 106 cm³/mol. The van der Waals surface area contributed by atoms with Crippen LogP contribution in [0.15, 0.2) is 48.2 Å². The van der Waals surface area contributed by atoms with Crippen LogP contribution in [0.1, 0.15) is 18.4 Å². The van der Waals surface area contributed by atoms with E-state index < -0.39 is 17.6 Å². The van der Waals surface area contributed by atoms with Crippen LogP contribution in [0.4, 0.5) is 10.1 Å². The summed E-state index contributed by atoms with van der Waals surface area (Å²) in [7, 11) is 3.04. The Morgan fingerprint density at radius 2 is 1.62 bits per heavy atom. The van der Waals surface area contributed by atoms with Crippen LogP contribution in [0.25, 0.3) is 5.57 Å². The first-order valence-electron chi connectivity index (χ1n) is 9.41. The Morgan fingerprint density at radius 3 is 2.28 bits per heavy atom. The van der Waals surface area contributed by atoms with E-state index in [2.05, 4.69) is 0 Å². The number of benzene rings is 2. The number of hydrogen-bond acceptors (Lipinski definition) is 5. The molecule has 0 spiro atoms. The second-order valence-corrected chi connectivity index (χ2v) is 6.91. The van der Waals surface area contributed by atoms with E-state index in [4.69, 9.17) is 9.47 Å². The van der Waals surface area contributed by atoms with Crippen LogP contribution in [-0.4, -0.2) is 44.0 Å². The number of nitrogens with zero attached hydrogens (tertiary/aromatic N) is 2. The number of imide groups is 1. The first-order valence-corrected chi connectivity index (χ1v) is 9.41. The van der Waals surface area contributed by atoms with Gasteiger partial charge >= 0.3 is 0 Å². The van der Waals surface area contributed by atoms with Gasteiger partial charge in [0.2, 0.25) is 0 Å². The van der Waals surface area contributed by atoms with Crippen LogP contribution in [0, 0.1) is 5.82 Å². The molecule has 0 radical (unpaired) electrons. The molecule has 7 heteroatoms. The maximum Gasteiger partial charge on any atom is 0.282 e. The van der Waals surface area contributed by atoms with Gasteiger partial charge in [0.15, 0.2) is 11.5 Å². The molecule has 1 saturated heterocycles. The highest BCUT2D eigenvalue weighted by atomic mass is 19.1. The van der Waals surface area contributed by atoms with Crippen LogP contribution in [-0.2, 0) is 9.59 Å². The zero-order valence-corrected chi connectivity index (χ0v) is 16.3. The van der Waals surface area contributed by atoms with Crippen molar-refractivity contribution in [3.05, 3.63) is 59.5 Å². The van der Waals surface area contributed by atoms with Gasteiger partial charge in [0, 0.05) is 13.1 Å². The molecule has 6 nitrogen and oxygen atoms in total. The molecule has 2 aromatic carbocycles. The van der Waals surface area contributed by atoms with Gasteiger partial charge in [0.1, 0.15) is 11.5 Å². The molecule has 0 aromatic heterocycles. The van der Waals surface area contributed by atoms with Crippen molar-refractivity contribution in [2.45, 2.75) is 12.8 Å². The van der Waals surface area contributed by atoms with Crippen LogP contribution in [0.5, 0.6) is 11.5 Å². The van der Waals surface area contributed by atoms with Crippen molar-refractivity contribution in [1.29, 1.82) is 0 Å². The van der Waals surface area contributed by atoms with E-state index in [9.17, 15) is 14.0 Å². The van der Waals surface area contributed by atoms with Gasteiger partial charge in [0.25, 0.3) is 11.8 Å². The van der Waals surface area contributed by atoms with Gasteiger partial charge in [-0.2, -0.15) is 0 Å². The van der Waals surface area contributed by atoms with Gasteiger partial charge in [-0.15, -0.1) is 0 Å². The second-order valence-electron chi connectivity index (χ2n) is 6.91. The van der Waals surface area contributed by atoms with E-state index in [-0.39, 0.29) is 5.69 Å². The van der Waals surface area contributed by atoms with Crippen molar-refractivity contribution in [1.82, 2.24) is 4.90 Å². The predicted octanol–water partition coefficient (Wildman–Crippen LogP) is 3.22. The van der Waals surface area contributed by atoms with Crippen molar-refractivity contribution in [2.24, 2.45) is 0 Å². The molecule has 0 saturated carbocycles. The van der Waals surface area contributed by atoms with E-state index in [1.807, 2.05) is 4.90 Å². The Balaban J connectivity index is 1.85. The zero-order valence-electron chi connectivity index (χ0n) is 16.3. The molecule has 2 aliphatic heterocycles. The minimum Gasteiger partial charge on any atom is -0.493 e. The fourth-order valence-corrected chi connectivity index (χ4v) is 3.85. The summed E-state index contributed by atoms with van der Waals surface area (Å²) < 4.78 is 24.4. The Hall–Kier alpha value is -3.35. The van der Waals surface area contributed by atoms with Crippen molar-refractivity contribution >= 4 is 23.1 Å². The maximum atomic E-state index is 13.8. The first kappa shape index (κ1) is 19.0. The van der Waals surface area contributed by atoms with Gasteiger partial charge in [-0.05, 0) is 48.7 Å². The number of hydrogen-bond donors (Lipinski definition) is 0. The molecule has 0 aliphatic carbocycles. The fraction of sp³-hybridized carbons (Fsp3) is 0.273. The summed E-state index contributed by atoms with van der Waals surface area (Å²) in [6.07, 6.45) is 1.90. The van der Waals surface area contributed by atoms with Crippen LogP contribution in [0.3, 0.4) is 0 Å². The SMILES string of the molecule is COc1ccc(C2=C(N3CCCC3)C(=O)N(c3cccc(F)c3)C2=O)cc1OC. The van der Waals surface area contributed by atoms with E-state index >= 15 is 0 Å². The molecule has 2 heterocycles. The smallest absolute Gasteiger partial charge is 0.282 e. The van der Waals surface area contributed by atoms with Crippen LogP contribution >= 0.6 is 0 Å². The molecule has 150 valence electrons. The third-order valence-electron chi connectivity index (χ3n) is 5.22. The lowest BCUT2D eigenvalue weighted by Gasteiger charge is -2.20. The minimum absolute atomic E-state index is 0.215. The fourth-order valence-electron chi connectivity index (χ4n) is 3.85. The molecule has 4 rings (SSSR count). The van der Waals surface area contributed by atoms with E-state index in [0.717, 1.165) is 17.7 Å². The summed E-state index contributed by atoms with van der Waals surface area (Å²) in [6.45, 7) is 1.39. The summed E-state index contributed by atoms with van der Waals surface area (Å²) in [5.41, 5.74) is 1.42. The van der Waals surface area contributed by atoms with Gasteiger partial charge < -0.3 is 14.4 Å². The standard InChI is InChI=1S/C22H21FN2O4/c1-28-17-9-8-14(12-18(17)29-2)19-20(24-10-3-4-11-24)22(27)25(21(19)26)16-7-5-6-15(23)13-16/h5-9,12-13H,3-4,10-11H2,1-2H3. The van der Waals surface area contributed by atoms with Crippen LogP contribution in [0.2, 0.25) is 0 Å². The van der Waals surface area contributed by atoms with Gasteiger partial charge in [-0.1, -0.05) is 12.1 Å². The van der Waals surface area contributed by atoms with Crippen molar-refractivity contribution < 1.29 is 23.5 Å². The lowest BCUT2D eigenvalue weighted by Crippen LogP contribution is -2.34. The maximum absolute atomic E-state index is 13.8. The number of halogens is 1. The highest BCUT2D eigenvalue weighted by Gasteiger charge is 2.43. The Morgan fingerprint density at radius 1 is 0.897 bits per heavy atom. The number of amides is 2. The largest absolute Gasteiger partial charge is 0.493 e. The average molecular weight is 396 g/mol. The Bertz CT molecular complexity index is 1010. The molecule has 0 atom stereocenters. The monoisotopic (exact) mass is 396 g/mol. The van der Waals surface area contributed by atoms with E-state index in [0.29, 0.717) is 41.4 Å². The quantitative estimate of drug-likeness (QED) is 0.727. The van der Waals surface area contributed by atoms with Crippen molar-refractivity contribution in [2.75, 3.05) is 32.2 Å². The minimum atomic E-state index is -0.509. The summed E-state index contributed by atoms with van der Waals surface area (Å²) >= 11 is 0. The van der Waals surface area contributed by atoms with Gasteiger partial charge in [0.05, 0.1) is 25.5 Å². The summed E-state index contributed by atoms with van der Waals surface area (Å²) in [5.74, 6) is -0.437. The Kier molecular flexibility index (Phi) is 4.96. The molecule has 2 aliphatic rings. The summed E-state index contributed by atoms with van der Waals surface area (Å²) in [4.78, 5) is 29.7. The van der Waals surface area contributed by atoms with E-state index in [1.54, 1.807) is 24.3 Å².